The molecule has 21 heavy (non-hydrogen) atoms. The molecule has 1 N–H and O–H groups in total. The predicted molar refractivity (Wildman–Crippen MR) is 71.1 cm³/mol. The van der Waals surface area contributed by atoms with E-state index in [1.54, 1.807) is 13.8 Å². The highest BCUT2D eigenvalue weighted by molar-refractivity contribution is 5.85. The van der Waals surface area contributed by atoms with Crippen LogP contribution in [-0.4, -0.2) is 22.8 Å². The molecule has 8 heteroatoms. The first kappa shape index (κ1) is 16.5. The van der Waals surface area contributed by atoms with E-state index in [9.17, 15) is 24.1 Å². The largest absolute Gasteiger partial charge is 0.417 e. The van der Waals surface area contributed by atoms with Crippen LogP contribution < -0.4 is 10.1 Å². The number of benzene rings is 1. The summed E-state index contributed by atoms with van der Waals surface area (Å²) in [7, 11) is 0. The lowest BCUT2D eigenvalue weighted by molar-refractivity contribution is -0.385. The summed E-state index contributed by atoms with van der Waals surface area (Å²) >= 11 is 0. The lowest BCUT2D eigenvalue weighted by atomic mass is 10.0. The Morgan fingerprint density at radius 2 is 2.00 bits per heavy atom. The van der Waals surface area contributed by atoms with E-state index in [1.807, 2.05) is 0 Å². The molecule has 0 aliphatic heterocycles. The zero-order valence-electron chi connectivity index (χ0n) is 11.8. The zero-order valence-corrected chi connectivity index (χ0v) is 11.8. The fourth-order valence-corrected chi connectivity index (χ4v) is 1.61. The van der Waals surface area contributed by atoms with Crippen molar-refractivity contribution in [1.29, 1.82) is 0 Å². The molecule has 1 unspecified atom stereocenters. The summed E-state index contributed by atoms with van der Waals surface area (Å²) in [4.78, 5) is 33.1. The molecule has 0 saturated heterocycles. The fourth-order valence-electron chi connectivity index (χ4n) is 1.61. The molecular formula is C13H15FN2O5. The summed E-state index contributed by atoms with van der Waals surface area (Å²) in [6.07, 6.45) is 0. The molecule has 0 saturated carbocycles. The number of carbonyl (C=O) groups is 2. The molecule has 0 fully saturated rings. The molecule has 0 spiro atoms. The first-order valence-electron chi connectivity index (χ1n) is 6.15. The molecule has 0 radical (unpaired) electrons. The Balaban J connectivity index is 3.03. The fraction of sp³-hybridized carbons (Fsp3) is 0.385. The summed E-state index contributed by atoms with van der Waals surface area (Å²) in [5.74, 6) is -2.91. The van der Waals surface area contributed by atoms with E-state index < -0.39 is 40.1 Å². The molecule has 0 aliphatic rings. The smallest absolute Gasteiger partial charge is 0.334 e. The van der Waals surface area contributed by atoms with Gasteiger partial charge in [0.05, 0.1) is 4.92 Å². The normalized spacial score (nSPS) is 11.9. The van der Waals surface area contributed by atoms with Crippen molar-refractivity contribution >= 4 is 17.6 Å². The van der Waals surface area contributed by atoms with Gasteiger partial charge in [-0.15, -0.1) is 0 Å². The van der Waals surface area contributed by atoms with Gasteiger partial charge >= 0.3 is 11.7 Å². The highest BCUT2D eigenvalue weighted by Crippen LogP contribution is 2.28. The molecule has 0 aliphatic carbocycles. The summed E-state index contributed by atoms with van der Waals surface area (Å²) < 4.78 is 18.0. The second-order valence-electron chi connectivity index (χ2n) is 4.71. The highest BCUT2D eigenvalue weighted by atomic mass is 19.1. The van der Waals surface area contributed by atoms with Crippen molar-refractivity contribution in [1.82, 2.24) is 5.32 Å². The Labute approximate surface area is 120 Å². The van der Waals surface area contributed by atoms with Crippen LogP contribution in [0.15, 0.2) is 18.2 Å². The van der Waals surface area contributed by atoms with Gasteiger partial charge in [-0.2, -0.15) is 0 Å². The van der Waals surface area contributed by atoms with Crippen molar-refractivity contribution in [2.45, 2.75) is 26.8 Å². The first-order valence-corrected chi connectivity index (χ1v) is 6.15. The number of hydrogen-bond acceptors (Lipinski definition) is 5. The highest BCUT2D eigenvalue weighted by Gasteiger charge is 2.27. The Morgan fingerprint density at radius 1 is 1.38 bits per heavy atom. The van der Waals surface area contributed by atoms with Crippen molar-refractivity contribution in [3.8, 4) is 5.75 Å². The van der Waals surface area contributed by atoms with E-state index in [0.29, 0.717) is 0 Å². The molecule has 1 aromatic rings. The van der Waals surface area contributed by atoms with Crippen LogP contribution in [0.5, 0.6) is 5.75 Å². The van der Waals surface area contributed by atoms with Crippen molar-refractivity contribution in [2.24, 2.45) is 5.92 Å². The number of nitro groups is 1. The molecule has 0 aromatic heterocycles. The second kappa shape index (κ2) is 6.78. The second-order valence-corrected chi connectivity index (χ2v) is 4.71. The summed E-state index contributed by atoms with van der Waals surface area (Å²) in [5.41, 5.74) is -0.532. The number of amides is 1. The monoisotopic (exact) mass is 298 g/mol. The van der Waals surface area contributed by atoms with Crippen LogP contribution in [0.4, 0.5) is 10.1 Å². The topological polar surface area (TPSA) is 98.5 Å². The number of esters is 1. The van der Waals surface area contributed by atoms with Gasteiger partial charge in [-0.05, 0) is 12.0 Å². The minimum absolute atomic E-state index is 0.297. The Kier molecular flexibility index (Phi) is 5.34. The molecule has 1 atom stereocenters. The van der Waals surface area contributed by atoms with E-state index in [2.05, 4.69) is 5.32 Å². The number of nitrogens with zero attached hydrogens (tertiary/aromatic N) is 1. The van der Waals surface area contributed by atoms with E-state index in [0.717, 1.165) is 18.2 Å². The maximum atomic E-state index is 13.1. The number of hydrogen-bond donors (Lipinski definition) is 1. The summed E-state index contributed by atoms with van der Waals surface area (Å²) in [5, 5.41) is 13.2. The molecule has 114 valence electrons. The van der Waals surface area contributed by atoms with Gasteiger partial charge in [0.2, 0.25) is 11.7 Å². The molecule has 1 aromatic carbocycles. The van der Waals surface area contributed by atoms with Gasteiger partial charge in [-0.3, -0.25) is 14.9 Å². The Morgan fingerprint density at radius 3 is 2.48 bits per heavy atom. The van der Waals surface area contributed by atoms with Crippen LogP contribution in [-0.2, 0) is 9.59 Å². The van der Waals surface area contributed by atoms with E-state index in [1.165, 1.54) is 6.92 Å². The van der Waals surface area contributed by atoms with Gasteiger partial charge in [0, 0.05) is 19.1 Å². The predicted octanol–water partition coefficient (Wildman–Crippen LogP) is 1.80. The van der Waals surface area contributed by atoms with Gasteiger partial charge < -0.3 is 10.1 Å². The van der Waals surface area contributed by atoms with Crippen LogP contribution in [0.1, 0.15) is 20.8 Å². The van der Waals surface area contributed by atoms with E-state index in [-0.39, 0.29) is 5.92 Å². The van der Waals surface area contributed by atoms with Gasteiger partial charge in [0.15, 0.2) is 0 Å². The van der Waals surface area contributed by atoms with Crippen LogP contribution in [0, 0.1) is 21.8 Å². The van der Waals surface area contributed by atoms with Crippen molar-refractivity contribution < 1.29 is 23.6 Å². The zero-order chi connectivity index (χ0) is 16.2. The molecule has 7 nitrogen and oxygen atoms in total. The van der Waals surface area contributed by atoms with E-state index in [4.69, 9.17) is 4.74 Å². The number of nitro benzene ring substituents is 1. The molecule has 1 amide bonds. The maximum Gasteiger partial charge on any atom is 0.334 e. The number of halogens is 1. The van der Waals surface area contributed by atoms with Crippen molar-refractivity contribution in [2.75, 3.05) is 0 Å². The van der Waals surface area contributed by atoms with Crippen molar-refractivity contribution in [3.05, 3.63) is 34.1 Å². The third-order valence-electron chi connectivity index (χ3n) is 2.61. The Hall–Kier alpha value is -2.51. The molecular weight excluding hydrogens is 283 g/mol. The van der Waals surface area contributed by atoms with Crippen LogP contribution in [0.25, 0.3) is 0 Å². The first-order chi connectivity index (χ1) is 9.72. The number of ether oxygens (including phenoxy) is 1. The number of carbonyl (C=O) groups excluding carboxylic acids is 2. The number of nitrogens with one attached hydrogen (secondary N) is 1. The molecule has 1 rings (SSSR count). The molecule has 0 bridgehead atoms. The van der Waals surface area contributed by atoms with Gasteiger partial charge in [0.25, 0.3) is 0 Å². The van der Waals surface area contributed by atoms with Gasteiger partial charge in [-0.25, -0.2) is 9.18 Å². The number of rotatable bonds is 5. The lowest BCUT2D eigenvalue weighted by Gasteiger charge is -2.19. The average Bonchev–Trinajstić information content (AvgIpc) is 2.34. The van der Waals surface area contributed by atoms with Crippen LogP contribution >= 0.6 is 0 Å². The third kappa shape index (κ3) is 4.51. The molecule has 0 heterocycles. The summed E-state index contributed by atoms with van der Waals surface area (Å²) in [6, 6.07) is 1.57. The average molecular weight is 298 g/mol. The quantitative estimate of drug-likeness (QED) is 0.387. The third-order valence-corrected chi connectivity index (χ3v) is 2.61. The lowest BCUT2D eigenvalue weighted by Crippen LogP contribution is -2.45. The van der Waals surface area contributed by atoms with E-state index >= 15 is 0 Å². The Bertz CT molecular complexity index is 574. The van der Waals surface area contributed by atoms with Crippen LogP contribution in [0.3, 0.4) is 0 Å². The standard InChI is InChI=1S/C13H15FN2O5/c1-7(2)12(15-8(3)17)13(18)21-11-6-9(14)4-5-10(11)16(19)20/h4-7,12H,1-3H3,(H,15,17). The van der Waals surface area contributed by atoms with Gasteiger partial charge in [0.1, 0.15) is 11.9 Å². The van der Waals surface area contributed by atoms with Crippen molar-refractivity contribution in [3.63, 3.8) is 0 Å². The minimum atomic E-state index is -0.981. The maximum absolute atomic E-state index is 13.1. The minimum Gasteiger partial charge on any atom is -0.417 e. The van der Waals surface area contributed by atoms with Gasteiger partial charge in [-0.1, -0.05) is 13.8 Å². The summed E-state index contributed by atoms with van der Waals surface area (Å²) in [6.45, 7) is 4.57. The van der Waals surface area contributed by atoms with Crippen LogP contribution in [0.2, 0.25) is 0 Å². The SMILES string of the molecule is CC(=O)NC(C(=O)Oc1cc(F)ccc1[N+](=O)[O-])C(C)C.